The Kier molecular flexibility index (Phi) is 6.61. The zero-order chi connectivity index (χ0) is 21.8. The summed E-state index contributed by atoms with van der Waals surface area (Å²) in [4.78, 5) is 18.4. The molecule has 1 N–H and O–H groups in total. The van der Waals surface area contributed by atoms with Gasteiger partial charge >= 0.3 is 0 Å². The first kappa shape index (κ1) is 21.4. The molecular formula is C23H21Cl2N5O. The summed E-state index contributed by atoms with van der Waals surface area (Å²) in [6.07, 6.45) is 1.69. The summed E-state index contributed by atoms with van der Waals surface area (Å²) in [5.74, 6) is 1.60. The van der Waals surface area contributed by atoms with Crippen LogP contribution in [0.3, 0.4) is 0 Å². The fourth-order valence-corrected chi connectivity index (χ4v) is 3.32. The van der Waals surface area contributed by atoms with Crippen LogP contribution in [0.1, 0.15) is 19.7 Å². The number of rotatable bonds is 7. The van der Waals surface area contributed by atoms with E-state index >= 15 is 0 Å². The van der Waals surface area contributed by atoms with Crippen molar-refractivity contribution in [3.8, 4) is 11.4 Å². The summed E-state index contributed by atoms with van der Waals surface area (Å²) in [6.45, 7) is 5.11. The molecule has 0 aliphatic rings. The van der Waals surface area contributed by atoms with E-state index in [1.165, 1.54) is 0 Å². The van der Waals surface area contributed by atoms with Crippen LogP contribution in [-0.4, -0.2) is 26.5 Å². The number of nitrogens with zero attached hydrogens (tertiary/aromatic N) is 4. The maximum absolute atomic E-state index is 6.31. The Morgan fingerprint density at radius 1 is 0.968 bits per heavy atom. The Morgan fingerprint density at radius 2 is 1.77 bits per heavy atom. The van der Waals surface area contributed by atoms with Crippen molar-refractivity contribution in [2.45, 2.75) is 20.5 Å². The first-order valence-corrected chi connectivity index (χ1v) is 10.6. The number of fused-ring (bicyclic) bond motifs is 1. The Hall–Kier alpha value is -2.80. The van der Waals surface area contributed by atoms with Gasteiger partial charge in [0, 0.05) is 23.5 Å². The van der Waals surface area contributed by atoms with Crippen molar-refractivity contribution < 1.29 is 4.74 Å². The van der Waals surface area contributed by atoms with Crippen molar-refractivity contribution in [3.63, 3.8) is 0 Å². The van der Waals surface area contributed by atoms with Gasteiger partial charge in [0.05, 0.1) is 16.1 Å². The van der Waals surface area contributed by atoms with Crippen LogP contribution in [0, 0.1) is 5.92 Å². The summed E-state index contributed by atoms with van der Waals surface area (Å²) in [6, 6.07) is 14.8. The smallest absolute Gasteiger partial charge is 0.165 e. The largest absolute Gasteiger partial charge is 0.373 e. The van der Waals surface area contributed by atoms with E-state index in [0.29, 0.717) is 57.9 Å². The molecule has 3 aromatic heterocycles. The Bertz CT molecular complexity index is 1200. The summed E-state index contributed by atoms with van der Waals surface area (Å²) in [5.41, 5.74) is 2.64. The first-order chi connectivity index (χ1) is 15.0. The molecule has 1 aromatic carbocycles. The van der Waals surface area contributed by atoms with Crippen molar-refractivity contribution >= 4 is 45.7 Å². The van der Waals surface area contributed by atoms with E-state index in [0.717, 1.165) is 11.1 Å². The van der Waals surface area contributed by atoms with E-state index in [4.69, 9.17) is 32.9 Å². The summed E-state index contributed by atoms with van der Waals surface area (Å²) >= 11 is 12.3. The minimum Gasteiger partial charge on any atom is -0.373 e. The normalized spacial score (nSPS) is 11.3. The van der Waals surface area contributed by atoms with Gasteiger partial charge in [0.1, 0.15) is 18.1 Å². The predicted molar refractivity (Wildman–Crippen MR) is 125 cm³/mol. The van der Waals surface area contributed by atoms with E-state index in [1.807, 2.05) is 36.4 Å². The highest BCUT2D eigenvalue weighted by molar-refractivity contribution is 6.33. The van der Waals surface area contributed by atoms with Crippen LogP contribution in [0.5, 0.6) is 0 Å². The quantitative estimate of drug-likeness (QED) is 0.353. The zero-order valence-electron chi connectivity index (χ0n) is 17.1. The third kappa shape index (κ3) is 5.28. The molecule has 0 spiro atoms. The van der Waals surface area contributed by atoms with E-state index < -0.39 is 0 Å². The van der Waals surface area contributed by atoms with Crippen LogP contribution < -0.4 is 5.32 Å². The van der Waals surface area contributed by atoms with Gasteiger partial charge in [0.2, 0.25) is 0 Å². The molecule has 3 heterocycles. The van der Waals surface area contributed by atoms with Crippen molar-refractivity contribution in [3.05, 3.63) is 70.6 Å². The topological polar surface area (TPSA) is 72.8 Å². The van der Waals surface area contributed by atoms with Gasteiger partial charge in [-0.1, -0.05) is 37.0 Å². The van der Waals surface area contributed by atoms with E-state index in [2.05, 4.69) is 34.1 Å². The molecule has 31 heavy (non-hydrogen) atoms. The third-order valence-electron chi connectivity index (χ3n) is 4.40. The molecule has 0 radical (unpaired) electrons. The number of anilines is 2. The van der Waals surface area contributed by atoms with Crippen LogP contribution in [0.2, 0.25) is 10.0 Å². The van der Waals surface area contributed by atoms with Gasteiger partial charge in [-0.15, -0.1) is 0 Å². The van der Waals surface area contributed by atoms with Gasteiger partial charge in [-0.3, -0.25) is 4.98 Å². The number of nitrogens with one attached hydrogen (secondary N) is 1. The molecule has 0 bridgehead atoms. The second-order valence-electron chi connectivity index (χ2n) is 7.43. The summed E-state index contributed by atoms with van der Waals surface area (Å²) < 4.78 is 5.75. The predicted octanol–water partition coefficient (Wildman–Crippen LogP) is 6.31. The molecule has 4 aromatic rings. The molecular weight excluding hydrogens is 433 g/mol. The molecule has 158 valence electrons. The fourth-order valence-electron chi connectivity index (χ4n) is 2.98. The molecule has 0 atom stereocenters. The lowest BCUT2D eigenvalue weighted by molar-refractivity contribution is 0.0925. The van der Waals surface area contributed by atoms with Gasteiger partial charge in [-0.2, -0.15) is 0 Å². The van der Waals surface area contributed by atoms with Crippen LogP contribution in [-0.2, 0) is 11.3 Å². The van der Waals surface area contributed by atoms with Gasteiger partial charge in [0.15, 0.2) is 11.5 Å². The molecule has 8 heteroatoms. The Morgan fingerprint density at radius 3 is 2.52 bits per heavy atom. The van der Waals surface area contributed by atoms with E-state index in [9.17, 15) is 0 Å². The average Bonchev–Trinajstić information content (AvgIpc) is 2.75. The lowest BCUT2D eigenvalue weighted by Gasteiger charge is -2.12. The van der Waals surface area contributed by atoms with Gasteiger partial charge in [-0.05, 0) is 54.4 Å². The summed E-state index contributed by atoms with van der Waals surface area (Å²) in [5, 5.41) is 5.31. The lowest BCUT2D eigenvalue weighted by atomic mass is 10.2. The van der Waals surface area contributed by atoms with Crippen molar-refractivity contribution in [2.75, 3.05) is 11.9 Å². The lowest BCUT2D eigenvalue weighted by Crippen LogP contribution is -2.07. The number of ether oxygens (including phenoxy) is 1. The maximum atomic E-state index is 6.31. The fraction of sp³-hybridized carbons (Fsp3) is 0.217. The molecule has 0 aliphatic heterocycles. The number of benzene rings is 1. The molecule has 0 fully saturated rings. The van der Waals surface area contributed by atoms with Crippen LogP contribution in [0.25, 0.3) is 22.4 Å². The molecule has 6 nitrogen and oxygen atoms in total. The number of pyridine rings is 2. The van der Waals surface area contributed by atoms with Crippen LogP contribution in [0.15, 0.2) is 54.7 Å². The molecule has 0 saturated heterocycles. The van der Waals surface area contributed by atoms with E-state index in [1.54, 1.807) is 18.3 Å². The van der Waals surface area contributed by atoms with Gasteiger partial charge < -0.3 is 10.1 Å². The molecule has 0 unspecified atom stereocenters. The SMILES string of the molecule is CC(C)COCc1nc(Nc2ccc(Cl)cc2)c2ccc(-c3ncccc3Cl)nc2n1. The standard InChI is InChI=1S/C23H21Cl2N5O/c1-14(2)12-31-13-20-29-22(27-16-7-5-15(24)6-8-16)17-9-10-19(28-23(17)30-20)21-18(25)4-3-11-26-21/h3-11,14H,12-13H2,1-2H3,(H,27,28,29,30). The van der Waals surface area contributed by atoms with E-state index in [-0.39, 0.29) is 0 Å². The number of hydrogen-bond acceptors (Lipinski definition) is 6. The highest BCUT2D eigenvalue weighted by Crippen LogP contribution is 2.29. The van der Waals surface area contributed by atoms with Gasteiger partial charge in [0.25, 0.3) is 0 Å². The second kappa shape index (κ2) is 9.56. The van der Waals surface area contributed by atoms with Crippen molar-refractivity contribution in [2.24, 2.45) is 5.92 Å². The highest BCUT2D eigenvalue weighted by atomic mass is 35.5. The zero-order valence-corrected chi connectivity index (χ0v) is 18.7. The molecule has 0 aliphatic carbocycles. The first-order valence-electron chi connectivity index (χ1n) is 9.88. The van der Waals surface area contributed by atoms with Crippen molar-refractivity contribution in [1.29, 1.82) is 0 Å². The van der Waals surface area contributed by atoms with Crippen LogP contribution >= 0.6 is 23.2 Å². The molecule has 0 saturated carbocycles. The number of halogens is 2. The minimum atomic E-state index is 0.291. The average molecular weight is 454 g/mol. The van der Waals surface area contributed by atoms with Gasteiger partial charge in [-0.25, -0.2) is 15.0 Å². The molecule has 4 rings (SSSR count). The highest BCUT2D eigenvalue weighted by Gasteiger charge is 2.13. The summed E-state index contributed by atoms with van der Waals surface area (Å²) in [7, 11) is 0. The maximum Gasteiger partial charge on any atom is 0.165 e. The van der Waals surface area contributed by atoms with Crippen LogP contribution in [0.4, 0.5) is 11.5 Å². The monoisotopic (exact) mass is 453 g/mol. The second-order valence-corrected chi connectivity index (χ2v) is 8.27. The minimum absolute atomic E-state index is 0.291. The Labute approximate surface area is 190 Å². The number of hydrogen-bond donors (Lipinski definition) is 1. The molecule has 0 amide bonds. The Balaban J connectivity index is 1.76. The third-order valence-corrected chi connectivity index (χ3v) is 4.95. The number of aromatic nitrogens is 4. The van der Waals surface area contributed by atoms with Crippen molar-refractivity contribution in [1.82, 2.24) is 19.9 Å².